The largest absolute Gasteiger partial charge is 0.466 e. The Morgan fingerprint density at radius 1 is 0.500 bits per heavy atom. The number of hydrogen-bond acceptors (Lipinski definition) is 3. The van der Waals surface area contributed by atoms with Crippen LogP contribution in [0.1, 0.15) is 200 Å². The summed E-state index contributed by atoms with van der Waals surface area (Å²) in [4.78, 5) is 24.6. The Morgan fingerprint density at radius 3 is 1.43 bits per heavy atom. The minimum absolute atomic E-state index is 0.0283. The molecule has 0 radical (unpaired) electrons. The fraction of sp³-hybridized carbons (Fsp3) is 0.953. The highest BCUT2D eigenvalue weighted by Gasteiger charge is 3.03. The Morgan fingerprint density at radius 2 is 0.935 bits per heavy atom. The van der Waals surface area contributed by atoms with Gasteiger partial charge in [-0.1, -0.05) is 149 Å². The summed E-state index contributed by atoms with van der Waals surface area (Å²) in [5.74, 6) is 9.59. The zero-order valence-electron chi connectivity index (χ0n) is 30.6. The number of carbonyl (C=O) groups excluding carboxylic acids is 2. The van der Waals surface area contributed by atoms with Crippen LogP contribution in [-0.4, -0.2) is 18.4 Å². The summed E-state index contributed by atoms with van der Waals surface area (Å²) in [5.41, 5.74) is 0.816. The van der Waals surface area contributed by atoms with Crippen molar-refractivity contribution in [1.29, 1.82) is 0 Å². The van der Waals surface area contributed by atoms with Gasteiger partial charge < -0.3 is 4.74 Å². The van der Waals surface area contributed by atoms with Gasteiger partial charge in [0.1, 0.15) is 5.78 Å². The maximum atomic E-state index is 12.4. The normalized spacial score (nSPS) is 30.2. The van der Waals surface area contributed by atoms with Gasteiger partial charge >= 0.3 is 5.97 Å². The molecule has 0 N–H and O–H groups in total. The van der Waals surface area contributed by atoms with E-state index in [-0.39, 0.29) is 5.97 Å². The third-order valence-electron chi connectivity index (χ3n) is 14.3. The second-order valence-corrected chi connectivity index (χ2v) is 17.1. The molecular weight excluding hydrogens is 564 g/mol. The van der Waals surface area contributed by atoms with E-state index in [0.717, 1.165) is 61.2 Å². The summed E-state index contributed by atoms with van der Waals surface area (Å²) in [6.07, 6.45) is 35.9. The topological polar surface area (TPSA) is 43.4 Å². The van der Waals surface area contributed by atoms with Crippen LogP contribution in [0, 0.1) is 52.8 Å². The molecule has 6 saturated carbocycles. The van der Waals surface area contributed by atoms with Gasteiger partial charge in [-0.15, -0.1) is 0 Å². The quantitative estimate of drug-likeness (QED) is 0.0530. The summed E-state index contributed by atoms with van der Waals surface area (Å²) < 4.78 is 5.64. The van der Waals surface area contributed by atoms with E-state index in [2.05, 4.69) is 13.8 Å². The van der Waals surface area contributed by atoms with Crippen LogP contribution in [0.2, 0.25) is 0 Å². The van der Waals surface area contributed by atoms with E-state index in [1.807, 2.05) is 0 Å². The van der Waals surface area contributed by atoms with Gasteiger partial charge in [0.15, 0.2) is 0 Å². The molecule has 3 nitrogen and oxygen atoms in total. The van der Waals surface area contributed by atoms with Gasteiger partial charge in [-0.05, 0) is 84.9 Å². The minimum Gasteiger partial charge on any atom is -0.466 e. The molecule has 3 heteroatoms. The lowest BCUT2D eigenvalue weighted by Gasteiger charge is -3.08. The Labute approximate surface area is 284 Å². The van der Waals surface area contributed by atoms with Crippen molar-refractivity contribution >= 4 is 11.8 Å². The minimum atomic E-state index is 0.0283. The molecule has 0 aromatic rings. The smallest absolute Gasteiger partial charge is 0.305 e. The molecule has 0 atom stereocenters. The van der Waals surface area contributed by atoms with Gasteiger partial charge in [-0.3, -0.25) is 9.59 Å². The monoisotopic (exact) mass is 639 g/mol. The lowest BCUT2D eigenvalue weighted by molar-refractivity contribution is -0.616. The average Bonchev–Trinajstić information content (AvgIpc) is 3.06. The molecule has 46 heavy (non-hydrogen) atoms. The third-order valence-corrected chi connectivity index (χ3v) is 14.3. The van der Waals surface area contributed by atoms with Crippen molar-refractivity contribution in [3.05, 3.63) is 0 Å². The molecule has 6 aliphatic rings. The van der Waals surface area contributed by atoms with Gasteiger partial charge in [0.25, 0.3) is 0 Å². The molecule has 0 heterocycles. The lowest BCUT2D eigenvalue weighted by Crippen LogP contribution is -3.05. The lowest BCUT2D eigenvalue weighted by atomic mass is 8.96. The first-order valence-electron chi connectivity index (χ1n) is 21.3. The Kier molecular flexibility index (Phi) is 14.9. The van der Waals surface area contributed by atoms with Crippen molar-refractivity contribution in [1.82, 2.24) is 0 Å². The molecule has 0 spiro atoms. The molecule has 0 amide bonds. The molecule has 6 rings (SSSR count). The van der Waals surface area contributed by atoms with E-state index < -0.39 is 0 Å². The Hall–Kier alpha value is -0.860. The van der Waals surface area contributed by atoms with E-state index in [9.17, 15) is 9.59 Å². The highest BCUT2D eigenvalue weighted by atomic mass is 16.5. The van der Waals surface area contributed by atoms with Crippen LogP contribution in [0.15, 0.2) is 0 Å². The maximum absolute atomic E-state index is 12.4. The zero-order valence-corrected chi connectivity index (χ0v) is 30.6. The van der Waals surface area contributed by atoms with Crippen LogP contribution in [-0.2, 0) is 14.3 Å². The van der Waals surface area contributed by atoms with Crippen LogP contribution in [0.25, 0.3) is 0 Å². The molecule has 0 aliphatic heterocycles. The molecule has 0 aromatic heterocycles. The number of carbonyl (C=O) groups is 2. The molecule has 6 aliphatic carbocycles. The van der Waals surface area contributed by atoms with E-state index in [1.165, 1.54) is 171 Å². The molecule has 0 aromatic carbocycles. The second kappa shape index (κ2) is 18.8. The van der Waals surface area contributed by atoms with Crippen LogP contribution in [0.5, 0.6) is 0 Å². The van der Waals surface area contributed by atoms with E-state index in [4.69, 9.17) is 4.74 Å². The fourth-order valence-corrected chi connectivity index (χ4v) is 12.0. The predicted octanol–water partition coefficient (Wildman–Crippen LogP) is 12.4. The number of hydrogen-bond donors (Lipinski definition) is 0. The second-order valence-electron chi connectivity index (χ2n) is 17.1. The first kappa shape index (κ1) is 36.4. The van der Waals surface area contributed by atoms with Crippen LogP contribution < -0.4 is 0 Å². The molecule has 6 fully saturated rings. The molecule has 0 bridgehead atoms. The molecular formula is C43H74O3. The first-order chi connectivity index (χ1) is 22.6. The van der Waals surface area contributed by atoms with Gasteiger partial charge in [0.2, 0.25) is 0 Å². The number of ketones is 1. The van der Waals surface area contributed by atoms with Crippen molar-refractivity contribution in [3.63, 3.8) is 0 Å². The highest BCUT2D eigenvalue weighted by molar-refractivity contribution is 5.78. The molecule has 264 valence electrons. The van der Waals surface area contributed by atoms with E-state index in [1.54, 1.807) is 0 Å². The van der Waals surface area contributed by atoms with Crippen molar-refractivity contribution in [2.75, 3.05) is 6.61 Å². The maximum Gasteiger partial charge on any atom is 0.305 e. The number of Topliss-reactive ketones (excluding diaryl/α,β-unsaturated/α-hetero) is 1. The van der Waals surface area contributed by atoms with Crippen molar-refractivity contribution < 1.29 is 14.3 Å². The van der Waals surface area contributed by atoms with Crippen molar-refractivity contribution in [2.45, 2.75) is 200 Å². The van der Waals surface area contributed by atoms with Crippen molar-refractivity contribution in [2.24, 2.45) is 52.8 Å². The average molecular weight is 639 g/mol. The Bertz CT molecular complexity index is 845. The van der Waals surface area contributed by atoms with Gasteiger partial charge in [-0.25, -0.2) is 0 Å². The summed E-state index contributed by atoms with van der Waals surface area (Å²) in [5, 5.41) is 0. The summed E-state index contributed by atoms with van der Waals surface area (Å²) in [6.45, 7) is 5.19. The first-order valence-corrected chi connectivity index (χ1v) is 21.3. The van der Waals surface area contributed by atoms with E-state index >= 15 is 0 Å². The predicted molar refractivity (Wildman–Crippen MR) is 192 cm³/mol. The number of rotatable bonds is 33. The summed E-state index contributed by atoms with van der Waals surface area (Å²) >= 11 is 0. The van der Waals surface area contributed by atoms with Gasteiger partial charge in [0, 0.05) is 19.3 Å². The van der Waals surface area contributed by atoms with Crippen LogP contribution >= 0.6 is 0 Å². The van der Waals surface area contributed by atoms with Gasteiger partial charge in [0.05, 0.1) is 6.61 Å². The SMILES string of the molecule is CCCCCCC(CCCCCC)CCOC(=O)CCCCCCCCCCCCCCCC(=O)CCCC12C3C4C5C3C1C5C42. The number of esters is 1. The van der Waals surface area contributed by atoms with Crippen LogP contribution in [0.4, 0.5) is 0 Å². The summed E-state index contributed by atoms with van der Waals surface area (Å²) in [6, 6.07) is 0. The standard InChI is InChI=1S/C43H74O3/c1-3-5-7-20-25-33(26-21-8-6-4-2)30-32-46-35(45)29-23-19-17-15-13-11-9-10-12-14-16-18-22-27-34(44)28-24-31-43-40-37-36-38(40)42(43)39(36)41(37)43/h33,36-42H,3-32H2,1-2H3. The Balaban J connectivity index is 0.725. The summed E-state index contributed by atoms with van der Waals surface area (Å²) in [7, 11) is 0. The molecule has 0 saturated heterocycles. The highest BCUT2D eigenvalue weighted by Crippen LogP contribution is 3.06. The number of ether oxygens (including phenoxy) is 1. The zero-order chi connectivity index (χ0) is 32.2. The third kappa shape index (κ3) is 8.29. The van der Waals surface area contributed by atoms with Crippen molar-refractivity contribution in [3.8, 4) is 0 Å². The molecule has 0 unspecified atom stereocenters. The number of unbranched alkanes of at least 4 members (excludes halogenated alkanes) is 18. The van der Waals surface area contributed by atoms with Crippen LogP contribution in [0.3, 0.4) is 0 Å². The van der Waals surface area contributed by atoms with Gasteiger partial charge in [-0.2, -0.15) is 0 Å². The van der Waals surface area contributed by atoms with E-state index in [0.29, 0.717) is 18.8 Å². The fourth-order valence-electron chi connectivity index (χ4n) is 12.0.